The normalized spacial score (nSPS) is 19.3. The van der Waals surface area contributed by atoms with Crippen LogP contribution in [0.4, 0.5) is 0 Å². The molecule has 0 saturated heterocycles. The van der Waals surface area contributed by atoms with Gasteiger partial charge in [-0.05, 0) is 22.8 Å². The smallest absolute Gasteiger partial charge is 0.0262 e. The van der Waals surface area contributed by atoms with Gasteiger partial charge in [-0.25, -0.2) is 0 Å². The van der Waals surface area contributed by atoms with E-state index in [1.165, 1.54) is 12.2 Å². The molecule has 0 bridgehead atoms. The SMILES string of the molecule is CC(C)(C)CC1=C(C(C)(C)C)SSC1. The van der Waals surface area contributed by atoms with Crippen LogP contribution >= 0.6 is 21.6 Å². The van der Waals surface area contributed by atoms with Gasteiger partial charge in [-0.3, -0.25) is 0 Å². The van der Waals surface area contributed by atoms with Gasteiger partial charge in [-0.2, -0.15) is 0 Å². The van der Waals surface area contributed by atoms with Crippen molar-refractivity contribution in [1.29, 1.82) is 0 Å². The van der Waals surface area contributed by atoms with Gasteiger partial charge in [0.05, 0.1) is 0 Å². The van der Waals surface area contributed by atoms with Gasteiger partial charge in [0.25, 0.3) is 0 Å². The number of allylic oxidation sites excluding steroid dienone is 1. The van der Waals surface area contributed by atoms with Crippen LogP contribution in [-0.2, 0) is 0 Å². The largest absolute Gasteiger partial charge is 0.0848 e. The molecule has 2 heteroatoms. The van der Waals surface area contributed by atoms with Gasteiger partial charge in [-0.15, -0.1) is 0 Å². The summed E-state index contributed by atoms with van der Waals surface area (Å²) in [5.74, 6) is 1.23. The molecule has 1 heterocycles. The molecule has 0 aromatic rings. The molecule has 0 radical (unpaired) electrons. The van der Waals surface area contributed by atoms with Gasteiger partial charge in [0.2, 0.25) is 0 Å². The van der Waals surface area contributed by atoms with E-state index in [2.05, 4.69) is 41.5 Å². The highest BCUT2D eigenvalue weighted by Gasteiger charge is 2.28. The predicted molar refractivity (Wildman–Crippen MR) is 70.6 cm³/mol. The molecular weight excluding hydrogens is 208 g/mol. The minimum absolute atomic E-state index is 0.342. The molecule has 0 unspecified atom stereocenters. The van der Waals surface area contributed by atoms with Crippen LogP contribution in [0.15, 0.2) is 10.5 Å². The maximum Gasteiger partial charge on any atom is 0.0262 e. The molecule has 14 heavy (non-hydrogen) atoms. The summed E-state index contributed by atoms with van der Waals surface area (Å²) < 4.78 is 0. The molecule has 1 rings (SSSR count). The first-order valence-electron chi connectivity index (χ1n) is 5.22. The van der Waals surface area contributed by atoms with Crippen LogP contribution in [-0.4, -0.2) is 5.75 Å². The minimum atomic E-state index is 0.342. The van der Waals surface area contributed by atoms with Gasteiger partial charge in [0, 0.05) is 10.7 Å². The lowest BCUT2D eigenvalue weighted by Crippen LogP contribution is -2.12. The minimum Gasteiger partial charge on any atom is -0.0848 e. The molecule has 0 amide bonds. The van der Waals surface area contributed by atoms with E-state index in [4.69, 9.17) is 0 Å². The van der Waals surface area contributed by atoms with Crippen LogP contribution < -0.4 is 0 Å². The van der Waals surface area contributed by atoms with Crippen molar-refractivity contribution in [3.05, 3.63) is 10.5 Å². The second-order valence-electron chi connectivity index (χ2n) is 6.27. The van der Waals surface area contributed by atoms with Crippen LogP contribution in [0.1, 0.15) is 48.0 Å². The molecule has 0 aromatic heterocycles. The topological polar surface area (TPSA) is 0 Å². The lowest BCUT2D eigenvalue weighted by molar-refractivity contribution is 0.405. The Kier molecular flexibility index (Phi) is 3.69. The summed E-state index contributed by atoms with van der Waals surface area (Å²) in [4.78, 5) is 1.62. The molecule has 1 aliphatic heterocycles. The zero-order valence-corrected chi connectivity index (χ0v) is 11.9. The standard InChI is InChI=1S/C12H22S2/c1-11(2,3)7-9-8-13-14-10(9)12(4,5)6/h7-8H2,1-6H3. The monoisotopic (exact) mass is 230 g/mol. The maximum atomic E-state index is 2.33. The Bertz CT molecular complexity index is 238. The second-order valence-corrected chi connectivity index (χ2v) is 8.57. The maximum absolute atomic E-state index is 2.33. The Morgan fingerprint density at radius 3 is 2.07 bits per heavy atom. The molecule has 0 fully saturated rings. The first-order valence-corrected chi connectivity index (χ1v) is 7.54. The van der Waals surface area contributed by atoms with Crippen molar-refractivity contribution in [3.63, 3.8) is 0 Å². The van der Waals surface area contributed by atoms with Gasteiger partial charge >= 0.3 is 0 Å². The lowest BCUT2D eigenvalue weighted by Gasteiger charge is -2.24. The Morgan fingerprint density at radius 2 is 1.64 bits per heavy atom. The third-order valence-corrected chi connectivity index (χ3v) is 4.98. The average molecular weight is 230 g/mol. The van der Waals surface area contributed by atoms with Crippen molar-refractivity contribution < 1.29 is 0 Å². The zero-order valence-electron chi connectivity index (χ0n) is 10.2. The lowest BCUT2D eigenvalue weighted by atomic mass is 9.84. The Morgan fingerprint density at radius 1 is 1.07 bits per heavy atom. The van der Waals surface area contributed by atoms with Crippen molar-refractivity contribution >= 4 is 21.6 Å². The van der Waals surface area contributed by atoms with E-state index in [1.807, 2.05) is 21.6 Å². The van der Waals surface area contributed by atoms with Crippen molar-refractivity contribution in [2.24, 2.45) is 10.8 Å². The second kappa shape index (κ2) is 4.13. The van der Waals surface area contributed by atoms with Crippen molar-refractivity contribution in [2.75, 3.05) is 5.75 Å². The predicted octanol–water partition coefficient (Wildman–Crippen LogP) is 5.12. The number of rotatable bonds is 1. The fourth-order valence-electron chi connectivity index (χ4n) is 1.71. The first kappa shape index (κ1) is 12.5. The highest BCUT2D eigenvalue weighted by atomic mass is 33.1. The Hall–Kier alpha value is 0.440. The summed E-state index contributed by atoms with van der Waals surface area (Å²) in [6.07, 6.45) is 1.25. The quantitative estimate of drug-likeness (QED) is 0.574. The summed E-state index contributed by atoms with van der Waals surface area (Å²) in [7, 11) is 3.99. The Labute approximate surface area is 96.7 Å². The molecular formula is C12H22S2. The van der Waals surface area contributed by atoms with Crippen LogP contribution in [0.3, 0.4) is 0 Å². The van der Waals surface area contributed by atoms with Gasteiger partial charge in [0.15, 0.2) is 0 Å². The molecule has 0 atom stereocenters. The number of hydrogen-bond donors (Lipinski definition) is 0. The van der Waals surface area contributed by atoms with Crippen molar-refractivity contribution in [1.82, 2.24) is 0 Å². The molecule has 0 aliphatic carbocycles. The van der Waals surface area contributed by atoms with Gasteiger partial charge < -0.3 is 0 Å². The summed E-state index contributed by atoms with van der Waals surface area (Å²) in [6, 6.07) is 0. The first-order chi connectivity index (χ1) is 6.20. The zero-order chi connectivity index (χ0) is 11.0. The third kappa shape index (κ3) is 3.54. The summed E-state index contributed by atoms with van der Waals surface area (Å²) in [5.41, 5.74) is 2.45. The van der Waals surface area contributed by atoms with Crippen LogP contribution in [0.2, 0.25) is 0 Å². The van der Waals surface area contributed by atoms with Crippen molar-refractivity contribution in [3.8, 4) is 0 Å². The van der Waals surface area contributed by atoms with E-state index in [0.717, 1.165) is 0 Å². The third-order valence-electron chi connectivity index (χ3n) is 2.12. The fraction of sp³-hybridized carbons (Fsp3) is 0.833. The Balaban J connectivity index is 2.84. The van der Waals surface area contributed by atoms with Gasteiger partial charge in [-0.1, -0.05) is 63.1 Å². The molecule has 82 valence electrons. The van der Waals surface area contributed by atoms with Gasteiger partial charge in [0.1, 0.15) is 0 Å². The summed E-state index contributed by atoms with van der Waals surface area (Å²) in [6.45, 7) is 14.0. The summed E-state index contributed by atoms with van der Waals surface area (Å²) >= 11 is 0. The van der Waals surface area contributed by atoms with Crippen molar-refractivity contribution in [2.45, 2.75) is 48.0 Å². The molecule has 0 saturated carbocycles. The molecule has 0 aromatic carbocycles. The van der Waals surface area contributed by atoms with Crippen LogP contribution in [0, 0.1) is 10.8 Å². The molecule has 0 nitrogen and oxygen atoms in total. The summed E-state index contributed by atoms with van der Waals surface area (Å²) in [5, 5.41) is 0. The highest BCUT2D eigenvalue weighted by molar-refractivity contribution is 8.78. The van der Waals surface area contributed by atoms with E-state index in [-0.39, 0.29) is 0 Å². The highest BCUT2D eigenvalue weighted by Crippen LogP contribution is 2.51. The van der Waals surface area contributed by atoms with E-state index in [9.17, 15) is 0 Å². The van der Waals surface area contributed by atoms with E-state index in [1.54, 1.807) is 10.5 Å². The van der Waals surface area contributed by atoms with E-state index < -0.39 is 0 Å². The molecule has 0 N–H and O–H groups in total. The van der Waals surface area contributed by atoms with Crippen LogP contribution in [0.5, 0.6) is 0 Å². The van der Waals surface area contributed by atoms with Crippen LogP contribution in [0.25, 0.3) is 0 Å². The fourth-order valence-corrected chi connectivity index (χ4v) is 4.94. The molecule has 1 aliphatic rings. The van der Waals surface area contributed by atoms with E-state index in [0.29, 0.717) is 10.8 Å². The average Bonchev–Trinajstić information content (AvgIpc) is 2.29. The molecule has 0 spiro atoms. The number of hydrogen-bond acceptors (Lipinski definition) is 2. The van der Waals surface area contributed by atoms with E-state index >= 15 is 0 Å².